The minimum Gasteiger partial charge on any atom is -0.368 e. The van der Waals surface area contributed by atoms with E-state index in [0.29, 0.717) is 6.04 Å². The number of hydrogen-bond donors (Lipinski definition) is 1. The lowest BCUT2D eigenvalue weighted by Gasteiger charge is -2.37. The molecular weight excluding hydrogens is 208 g/mol. The van der Waals surface area contributed by atoms with Gasteiger partial charge in [0.05, 0.1) is 0 Å². The molecular formula is C15H24N2. The van der Waals surface area contributed by atoms with Gasteiger partial charge in [-0.25, -0.2) is 0 Å². The van der Waals surface area contributed by atoms with Gasteiger partial charge in [0.15, 0.2) is 0 Å². The molecule has 17 heavy (non-hydrogen) atoms. The second-order valence-electron chi connectivity index (χ2n) is 6.09. The molecule has 2 N–H and O–H groups in total. The highest BCUT2D eigenvalue weighted by Crippen LogP contribution is 2.35. The van der Waals surface area contributed by atoms with Gasteiger partial charge in [0, 0.05) is 24.3 Å². The molecule has 0 aliphatic carbocycles. The molecule has 1 aliphatic heterocycles. The number of anilines is 1. The summed E-state index contributed by atoms with van der Waals surface area (Å²) in [5.41, 5.74) is 9.10. The number of fused-ring (bicyclic) bond motifs is 1. The standard InChI is InChI=1S/C15H24N2/c1-11-9-13-7-5-6-8-14(13)17(11)10-15(3,4)12(2)16/h5-8,11-12H,9-10,16H2,1-4H3. The molecule has 2 atom stereocenters. The van der Waals surface area contributed by atoms with Gasteiger partial charge in [0.1, 0.15) is 0 Å². The number of nitrogens with two attached hydrogens (primary N) is 1. The molecule has 0 bridgehead atoms. The lowest BCUT2D eigenvalue weighted by atomic mass is 9.85. The van der Waals surface area contributed by atoms with E-state index in [1.807, 2.05) is 0 Å². The van der Waals surface area contributed by atoms with Crippen molar-refractivity contribution >= 4 is 5.69 Å². The molecule has 2 rings (SSSR count). The number of hydrogen-bond acceptors (Lipinski definition) is 2. The molecule has 1 aromatic carbocycles. The van der Waals surface area contributed by atoms with Crippen LogP contribution in [-0.4, -0.2) is 18.6 Å². The summed E-state index contributed by atoms with van der Waals surface area (Å²) in [4.78, 5) is 2.51. The molecule has 2 nitrogen and oxygen atoms in total. The fraction of sp³-hybridized carbons (Fsp3) is 0.600. The first-order chi connectivity index (χ1) is 7.92. The highest BCUT2D eigenvalue weighted by Gasteiger charge is 2.32. The Morgan fingerprint density at radius 2 is 2.06 bits per heavy atom. The summed E-state index contributed by atoms with van der Waals surface area (Å²) in [6.45, 7) is 9.95. The van der Waals surface area contributed by atoms with Gasteiger partial charge >= 0.3 is 0 Å². The van der Waals surface area contributed by atoms with Crippen molar-refractivity contribution in [2.45, 2.75) is 46.2 Å². The van der Waals surface area contributed by atoms with Crippen molar-refractivity contribution in [1.82, 2.24) is 0 Å². The first kappa shape index (κ1) is 12.4. The third-order valence-corrected chi connectivity index (χ3v) is 4.16. The van der Waals surface area contributed by atoms with Gasteiger partial charge < -0.3 is 10.6 Å². The fourth-order valence-electron chi connectivity index (χ4n) is 2.45. The van der Waals surface area contributed by atoms with Gasteiger partial charge in [-0.2, -0.15) is 0 Å². The second-order valence-corrected chi connectivity index (χ2v) is 6.09. The minimum absolute atomic E-state index is 0.145. The monoisotopic (exact) mass is 232 g/mol. The smallest absolute Gasteiger partial charge is 0.0402 e. The van der Waals surface area contributed by atoms with Gasteiger partial charge in [-0.05, 0) is 37.3 Å². The highest BCUT2D eigenvalue weighted by atomic mass is 15.2. The summed E-state index contributed by atoms with van der Waals surface area (Å²) < 4.78 is 0. The third kappa shape index (κ3) is 2.32. The summed E-state index contributed by atoms with van der Waals surface area (Å²) in [5.74, 6) is 0. The van der Waals surface area contributed by atoms with Crippen molar-refractivity contribution in [3.05, 3.63) is 29.8 Å². The predicted molar refractivity (Wildman–Crippen MR) is 74.4 cm³/mol. The average Bonchev–Trinajstić information content (AvgIpc) is 2.55. The van der Waals surface area contributed by atoms with Crippen LogP contribution in [0.5, 0.6) is 0 Å². The van der Waals surface area contributed by atoms with Crippen molar-refractivity contribution in [3.63, 3.8) is 0 Å². The first-order valence-electron chi connectivity index (χ1n) is 6.52. The summed E-state index contributed by atoms with van der Waals surface area (Å²) in [6.07, 6.45) is 1.16. The van der Waals surface area contributed by atoms with Crippen LogP contribution in [0.3, 0.4) is 0 Å². The first-order valence-corrected chi connectivity index (χ1v) is 6.52. The molecule has 0 aromatic heterocycles. The maximum atomic E-state index is 6.09. The van der Waals surface area contributed by atoms with E-state index in [1.54, 1.807) is 0 Å². The minimum atomic E-state index is 0.145. The van der Waals surface area contributed by atoms with Gasteiger partial charge in [0.25, 0.3) is 0 Å². The Balaban J connectivity index is 2.23. The fourth-order valence-corrected chi connectivity index (χ4v) is 2.45. The zero-order valence-electron chi connectivity index (χ0n) is 11.4. The molecule has 0 saturated heterocycles. The van der Waals surface area contributed by atoms with Gasteiger partial charge in [0.2, 0.25) is 0 Å². The van der Waals surface area contributed by atoms with Crippen molar-refractivity contribution < 1.29 is 0 Å². The molecule has 0 amide bonds. The third-order valence-electron chi connectivity index (χ3n) is 4.16. The van der Waals surface area contributed by atoms with E-state index in [0.717, 1.165) is 13.0 Å². The lowest BCUT2D eigenvalue weighted by molar-refractivity contribution is 0.299. The molecule has 0 radical (unpaired) electrons. The van der Waals surface area contributed by atoms with Crippen LogP contribution < -0.4 is 10.6 Å². The maximum Gasteiger partial charge on any atom is 0.0402 e. The number of para-hydroxylation sites is 1. The topological polar surface area (TPSA) is 29.3 Å². The summed E-state index contributed by atoms with van der Waals surface area (Å²) >= 11 is 0. The van der Waals surface area contributed by atoms with Gasteiger partial charge in [-0.1, -0.05) is 32.0 Å². The zero-order chi connectivity index (χ0) is 12.6. The van der Waals surface area contributed by atoms with E-state index in [9.17, 15) is 0 Å². The lowest BCUT2D eigenvalue weighted by Crippen LogP contribution is -2.46. The van der Waals surface area contributed by atoms with Crippen molar-refractivity contribution in [2.75, 3.05) is 11.4 Å². The number of nitrogens with zero attached hydrogens (tertiary/aromatic N) is 1. The highest BCUT2D eigenvalue weighted by molar-refractivity contribution is 5.59. The number of rotatable bonds is 3. The van der Waals surface area contributed by atoms with Gasteiger partial charge in [-0.3, -0.25) is 0 Å². The van der Waals surface area contributed by atoms with Gasteiger partial charge in [-0.15, -0.1) is 0 Å². The molecule has 0 saturated carbocycles. The molecule has 94 valence electrons. The van der Waals surface area contributed by atoms with Crippen LogP contribution in [0, 0.1) is 5.41 Å². The molecule has 2 unspecified atom stereocenters. The van der Waals surface area contributed by atoms with Crippen LogP contribution in [0.4, 0.5) is 5.69 Å². The summed E-state index contributed by atoms with van der Waals surface area (Å²) in [6, 6.07) is 9.53. The number of benzene rings is 1. The summed E-state index contributed by atoms with van der Waals surface area (Å²) in [5, 5.41) is 0. The van der Waals surface area contributed by atoms with Crippen molar-refractivity contribution in [1.29, 1.82) is 0 Å². The largest absolute Gasteiger partial charge is 0.368 e. The predicted octanol–water partition coefficient (Wildman–Crippen LogP) is 2.81. The molecule has 2 heteroatoms. The van der Waals surface area contributed by atoms with E-state index in [-0.39, 0.29) is 11.5 Å². The Morgan fingerprint density at radius 3 is 2.71 bits per heavy atom. The Hall–Kier alpha value is -1.02. The maximum absolute atomic E-state index is 6.09. The van der Waals surface area contributed by atoms with Crippen LogP contribution in [-0.2, 0) is 6.42 Å². The normalized spacial score (nSPS) is 21.5. The van der Waals surface area contributed by atoms with E-state index in [1.165, 1.54) is 11.3 Å². The molecule has 0 fully saturated rings. The second kappa shape index (κ2) is 4.34. The summed E-state index contributed by atoms with van der Waals surface area (Å²) in [7, 11) is 0. The van der Waals surface area contributed by atoms with Crippen LogP contribution >= 0.6 is 0 Å². The Morgan fingerprint density at radius 1 is 1.41 bits per heavy atom. The van der Waals surface area contributed by atoms with E-state index in [4.69, 9.17) is 5.73 Å². The molecule has 1 heterocycles. The van der Waals surface area contributed by atoms with Crippen molar-refractivity contribution in [3.8, 4) is 0 Å². The molecule has 1 aliphatic rings. The van der Waals surface area contributed by atoms with Crippen molar-refractivity contribution in [2.24, 2.45) is 11.1 Å². The molecule has 1 aromatic rings. The SMILES string of the molecule is CC1Cc2ccccc2N1CC(C)(C)C(C)N. The van der Waals surface area contributed by atoms with Crippen LogP contribution in [0.2, 0.25) is 0 Å². The zero-order valence-corrected chi connectivity index (χ0v) is 11.4. The van der Waals surface area contributed by atoms with E-state index in [2.05, 4.69) is 56.9 Å². The van der Waals surface area contributed by atoms with Crippen LogP contribution in [0.25, 0.3) is 0 Å². The van der Waals surface area contributed by atoms with E-state index < -0.39 is 0 Å². The quantitative estimate of drug-likeness (QED) is 0.868. The average molecular weight is 232 g/mol. The van der Waals surface area contributed by atoms with E-state index >= 15 is 0 Å². The molecule has 0 spiro atoms. The van der Waals surface area contributed by atoms with Crippen LogP contribution in [0.15, 0.2) is 24.3 Å². The Labute approximate surface area is 105 Å². The van der Waals surface area contributed by atoms with Crippen LogP contribution in [0.1, 0.15) is 33.3 Å². The Bertz CT molecular complexity index is 396. The Kier molecular flexibility index (Phi) is 3.17.